The number of alkyl halides is 2. The molecule has 0 aliphatic rings. The lowest BCUT2D eigenvalue weighted by atomic mass is 10.1. The monoisotopic (exact) mass is 407 g/mol. The summed E-state index contributed by atoms with van der Waals surface area (Å²) < 4.78 is 34.0. The van der Waals surface area contributed by atoms with Gasteiger partial charge in [-0.3, -0.25) is 4.99 Å². The van der Waals surface area contributed by atoms with Crippen molar-refractivity contribution in [3.8, 4) is 11.5 Å². The lowest BCUT2D eigenvalue weighted by Crippen LogP contribution is -2.38. The molecule has 2 aromatic carbocycles. The Balaban J connectivity index is 2.00. The SMILES string of the molecule is CCNC(=NCC(O)c1ccc(OC)cc1)N(C)Cc1ccc(OC(F)F)cc1. The number of hydrogen-bond donors (Lipinski definition) is 2. The fourth-order valence-corrected chi connectivity index (χ4v) is 2.70. The predicted molar refractivity (Wildman–Crippen MR) is 108 cm³/mol. The van der Waals surface area contributed by atoms with Gasteiger partial charge in [-0.1, -0.05) is 24.3 Å². The van der Waals surface area contributed by atoms with Crippen LogP contribution in [-0.2, 0) is 6.54 Å². The highest BCUT2D eigenvalue weighted by Crippen LogP contribution is 2.18. The summed E-state index contributed by atoms with van der Waals surface area (Å²) in [5.74, 6) is 1.48. The number of methoxy groups -OCH3 is 1. The van der Waals surface area contributed by atoms with Gasteiger partial charge < -0.3 is 24.8 Å². The van der Waals surface area contributed by atoms with E-state index in [4.69, 9.17) is 4.74 Å². The molecule has 2 N–H and O–H groups in total. The highest BCUT2D eigenvalue weighted by Gasteiger charge is 2.11. The standard InChI is InChI=1S/C21H27F2N3O3/c1-4-24-21(25-13-19(27)16-7-11-17(28-3)12-8-16)26(2)14-15-5-9-18(10-6-15)29-20(22)23/h5-12,19-20,27H,4,13-14H2,1-3H3,(H,24,25). The van der Waals surface area contributed by atoms with Crippen LogP contribution in [0.25, 0.3) is 0 Å². The second-order valence-electron chi connectivity index (χ2n) is 6.36. The molecule has 0 aromatic heterocycles. The van der Waals surface area contributed by atoms with Crippen molar-refractivity contribution in [1.82, 2.24) is 10.2 Å². The van der Waals surface area contributed by atoms with Gasteiger partial charge in [-0.25, -0.2) is 0 Å². The first kappa shape index (κ1) is 22.4. The Kier molecular flexibility index (Phi) is 8.67. The zero-order chi connectivity index (χ0) is 21.2. The Morgan fingerprint density at radius 1 is 1.10 bits per heavy atom. The maximum Gasteiger partial charge on any atom is 0.387 e. The third-order valence-electron chi connectivity index (χ3n) is 4.18. The molecule has 0 fully saturated rings. The van der Waals surface area contributed by atoms with Gasteiger partial charge >= 0.3 is 6.61 Å². The topological polar surface area (TPSA) is 66.3 Å². The number of guanidine groups is 1. The van der Waals surface area contributed by atoms with Crippen LogP contribution in [0.2, 0.25) is 0 Å². The summed E-state index contributed by atoms with van der Waals surface area (Å²) in [5.41, 5.74) is 1.66. The van der Waals surface area contributed by atoms with Crippen molar-refractivity contribution in [2.75, 3.05) is 27.2 Å². The quantitative estimate of drug-likeness (QED) is 0.493. The zero-order valence-electron chi connectivity index (χ0n) is 16.8. The molecule has 0 bridgehead atoms. The largest absolute Gasteiger partial charge is 0.497 e. The molecule has 0 amide bonds. The molecule has 2 rings (SSSR count). The number of aliphatic hydroxyl groups excluding tert-OH is 1. The smallest absolute Gasteiger partial charge is 0.387 e. The van der Waals surface area contributed by atoms with Crippen LogP contribution in [0, 0.1) is 0 Å². The van der Waals surface area contributed by atoms with E-state index >= 15 is 0 Å². The van der Waals surface area contributed by atoms with E-state index in [1.807, 2.05) is 18.9 Å². The zero-order valence-corrected chi connectivity index (χ0v) is 16.8. The highest BCUT2D eigenvalue weighted by atomic mass is 19.3. The minimum absolute atomic E-state index is 0.120. The summed E-state index contributed by atoms with van der Waals surface area (Å²) in [6.45, 7) is 0.496. The number of aliphatic imine (C=N–C) groups is 1. The van der Waals surface area contributed by atoms with E-state index in [9.17, 15) is 13.9 Å². The normalized spacial score (nSPS) is 12.6. The van der Waals surface area contributed by atoms with Crippen molar-refractivity contribution in [2.45, 2.75) is 26.2 Å². The Morgan fingerprint density at radius 2 is 1.72 bits per heavy atom. The van der Waals surface area contributed by atoms with Gasteiger partial charge in [0.1, 0.15) is 11.5 Å². The number of aliphatic hydroxyl groups is 1. The van der Waals surface area contributed by atoms with Crippen LogP contribution in [-0.4, -0.2) is 49.8 Å². The Hall–Kier alpha value is -2.87. The molecule has 6 nitrogen and oxygen atoms in total. The number of nitrogens with one attached hydrogen (secondary N) is 1. The Bertz CT molecular complexity index is 768. The third-order valence-corrected chi connectivity index (χ3v) is 4.18. The fourth-order valence-electron chi connectivity index (χ4n) is 2.70. The van der Waals surface area contributed by atoms with E-state index in [0.717, 1.165) is 16.9 Å². The second-order valence-corrected chi connectivity index (χ2v) is 6.36. The molecule has 2 aromatic rings. The minimum Gasteiger partial charge on any atom is -0.497 e. The van der Waals surface area contributed by atoms with E-state index in [1.165, 1.54) is 12.1 Å². The van der Waals surface area contributed by atoms with Crippen molar-refractivity contribution in [1.29, 1.82) is 0 Å². The summed E-state index contributed by atoms with van der Waals surface area (Å²) in [4.78, 5) is 6.41. The number of rotatable bonds is 9. The molecule has 0 spiro atoms. The first-order valence-electron chi connectivity index (χ1n) is 9.28. The minimum atomic E-state index is -2.84. The molecule has 158 valence electrons. The summed E-state index contributed by atoms with van der Waals surface area (Å²) in [5, 5.41) is 13.6. The summed E-state index contributed by atoms with van der Waals surface area (Å²) in [6.07, 6.45) is -0.742. The van der Waals surface area contributed by atoms with Crippen LogP contribution in [0.3, 0.4) is 0 Å². The van der Waals surface area contributed by atoms with Crippen LogP contribution in [0.4, 0.5) is 8.78 Å². The van der Waals surface area contributed by atoms with Gasteiger partial charge in [0.2, 0.25) is 0 Å². The molecule has 0 saturated heterocycles. The van der Waals surface area contributed by atoms with E-state index in [2.05, 4.69) is 15.0 Å². The maximum absolute atomic E-state index is 12.3. The van der Waals surface area contributed by atoms with Crippen LogP contribution >= 0.6 is 0 Å². The third kappa shape index (κ3) is 7.23. The molecule has 0 saturated carbocycles. The number of nitrogens with zero attached hydrogens (tertiary/aromatic N) is 2. The summed E-state index contributed by atoms with van der Waals surface area (Å²) in [6, 6.07) is 13.7. The van der Waals surface area contributed by atoms with Crippen molar-refractivity contribution >= 4 is 5.96 Å². The summed E-state index contributed by atoms with van der Waals surface area (Å²) >= 11 is 0. The van der Waals surface area contributed by atoms with E-state index in [-0.39, 0.29) is 12.3 Å². The predicted octanol–water partition coefficient (Wildman–Crippen LogP) is 3.43. The molecule has 0 aliphatic heterocycles. The average molecular weight is 407 g/mol. The van der Waals surface area contributed by atoms with Gasteiger partial charge in [-0.15, -0.1) is 0 Å². The van der Waals surface area contributed by atoms with Gasteiger partial charge in [0, 0.05) is 20.1 Å². The Morgan fingerprint density at radius 3 is 2.28 bits per heavy atom. The van der Waals surface area contributed by atoms with E-state index in [1.54, 1.807) is 43.5 Å². The van der Waals surface area contributed by atoms with E-state index in [0.29, 0.717) is 19.0 Å². The van der Waals surface area contributed by atoms with Crippen LogP contribution in [0.5, 0.6) is 11.5 Å². The first-order chi connectivity index (χ1) is 13.9. The summed E-state index contributed by atoms with van der Waals surface area (Å²) in [7, 11) is 3.46. The number of benzene rings is 2. The lowest BCUT2D eigenvalue weighted by molar-refractivity contribution is -0.0498. The Labute approximate surface area is 169 Å². The van der Waals surface area contributed by atoms with Gasteiger partial charge in [-0.05, 0) is 42.3 Å². The molecule has 29 heavy (non-hydrogen) atoms. The molecule has 0 heterocycles. The van der Waals surface area contributed by atoms with Crippen LogP contribution in [0.1, 0.15) is 24.2 Å². The van der Waals surface area contributed by atoms with Gasteiger partial charge in [0.25, 0.3) is 0 Å². The fraction of sp³-hybridized carbons (Fsp3) is 0.381. The number of ether oxygens (including phenoxy) is 2. The van der Waals surface area contributed by atoms with Crippen molar-refractivity contribution < 1.29 is 23.4 Å². The molecule has 0 radical (unpaired) electrons. The first-order valence-corrected chi connectivity index (χ1v) is 9.28. The highest BCUT2D eigenvalue weighted by molar-refractivity contribution is 5.79. The van der Waals surface area contributed by atoms with Crippen molar-refractivity contribution in [2.24, 2.45) is 4.99 Å². The van der Waals surface area contributed by atoms with Crippen LogP contribution < -0.4 is 14.8 Å². The number of hydrogen-bond acceptors (Lipinski definition) is 4. The van der Waals surface area contributed by atoms with Crippen LogP contribution in [0.15, 0.2) is 53.5 Å². The second kappa shape index (κ2) is 11.2. The molecule has 0 aliphatic carbocycles. The van der Waals surface area contributed by atoms with E-state index < -0.39 is 12.7 Å². The molecule has 1 unspecified atom stereocenters. The van der Waals surface area contributed by atoms with Crippen molar-refractivity contribution in [3.63, 3.8) is 0 Å². The van der Waals surface area contributed by atoms with Crippen molar-refractivity contribution in [3.05, 3.63) is 59.7 Å². The van der Waals surface area contributed by atoms with Gasteiger partial charge in [-0.2, -0.15) is 8.78 Å². The average Bonchev–Trinajstić information content (AvgIpc) is 2.72. The maximum atomic E-state index is 12.3. The lowest BCUT2D eigenvalue weighted by Gasteiger charge is -2.23. The molecule has 8 heteroatoms. The van der Waals surface area contributed by atoms with Gasteiger partial charge in [0.05, 0.1) is 19.8 Å². The van der Waals surface area contributed by atoms with Gasteiger partial charge in [0.15, 0.2) is 5.96 Å². The number of halogens is 2. The molecular formula is C21H27F2N3O3. The molecule has 1 atom stereocenters. The molecular weight excluding hydrogens is 380 g/mol.